The number of benzene rings is 1. The van der Waals surface area contributed by atoms with Gasteiger partial charge < -0.3 is 15.0 Å². The normalized spacial score (nSPS) is 24.4. The molecule has 29 heavy (non-hydrogen) atoms. The Morgan fingerprint density at radius 3 is 2.72 bits per heavy atom. The first-order chi connectivity index (χ1) is 13.4. The molecular formula is C18H22BrN3O5S2. The SMILES string of the molecule is CC(C)(C)OC(=O)NCC(=O)N=C1SC2CS(=O)(=O)CC2N1c1cccc(Br)c1. The van der Waals surface area contributed by atoms with Gasteiger partial charge in [0.05, 0.1) is 17.5 Å². The van der Waals surface area contributed by atoms with Crippen LogP contribution in [0.4, 0.5) is 10.5 Å². The lowest BCUT2D eigenvalue weighted by Crippen LogP contribution is -2.38. The van der Waals surface area contributed by atoms with E-state index in [1.54, 1.807) is 25.7 Å². The minimum Gasteiger partial charge on any atom is -0.444 e. The molecule has 0 radical (unpaired) electrons. The number of hydrogen-bond acceptors (Lipinski definition) is 6. The molecule has 11 heteroatoms. The summed E-state index contributed by atoms with van der Waals surface area (Å²) in [5, 5.41) is 2.64. The summed E-state index contributed by atoms with van der Waals surface area (Å²) in [7, 11) is -3.13. The van der Waals surface area contributed by atoms with Crippen molar-refractivity contribution >= 4 is 60.4 Å². The van der Waals surface area contributed by atoms with Gasteiger partial charge in [0.2, 0.25) is 0 Å². The molecule has 158 valence electrons. The van der Waals surface area contributed by atoms with Gasteiger partial charge in [-0.15, -0.1) is 0 Å². The highest BCUT2D eigenvalue weighted by atomic mass is 79.9. The Morgan fingerprint density at radius 1 is 1.34 bits per heavy atom. The summed E-state index contributed by atoms with van der Waals surface area (Å²) in [6, 6.07) is 7.11. The second-order valence-corrected chi connectivity index (χ2v) is 12.1. The maximum Gasteiger partial charge on any atom is 0.408 e. The number of nitrogens with one attached hydrogen (secondary N) is 1. The van der Waals surface area contributed by atoms with Crippen molar-refractivity contribution < 1.29 is 22.7 Å². The topological polar surface area (TPSA) is 105 Å². The Balaban J connectivity index is 1.78. The number of carbonyl (C=O) groups excluding carboxylic acids is 2. The second-order valence-electron chi connectivity index (χ2n) is 7.79. The third kappa shape index (κ3) is 5.73. The summed E-state index contributed by atoms with van der Waals surface area (Å²) >= 11 is 4.70. The van der Waals surface area contributed by atoms with E-state index in [1.807, 2.05) is 24.3 Å². The van der Waals surface area contributed by atoms with Crippen molar-refractivity contribution in [3.05, 3.63) is 28.7 Å². The molecule has 0 aliphatic carbocycles. The molecule has 2 atom stereocenters. The number of fused-ring (bicyclic) bond motifs is 1. The van der Waals surface area contributed by atoms with Gasteiger partial charge in [0.25, 0.3) is 5.91 Å². The van der Waals surface area contributed by atoms with E-state index in [0.717, 1.165) is 10.2 Å². The van der Waals surface area contributed by atoms with Gasteiger partial charge in [-0.1, -0.05) is 33.8 Å². The largest absolute Gasteiger partial charge is 0.444 e. The number of amidine groups is 1. The van der Waals surface area contributed by atoms with Gasteiger partial charge >= 0.3 is 6.09 Å². The third-order valence-electron chi connectivity index (χ3n) is 4.16. The first-order valence-corrected chi connectivity index (χ1v) is 12.4. The van der Waals surface area contributed by atoms with Crippen LogP contribution in [0.25, 0.3) is 0 Å². The summed E-state index contributed by atoms with van der Waals surface area (Å²) in [5.41, 5.74) is 0.0870. The molecule has 8 nitrogen and oxygen atoms in total. The molecule has 2 fully saturated rings. The molecule has 3 rings (SSSR count). The molecular weight excluding hydrogens is 482 g/mol. The molecule has 0 bridgehead atoms. The number of hydrogen-bond donors (Lipinski definition) is 1. The summed E-state index contributed by atoms with van der Waals surface area (Å²) < 4.78 is 30.1. The smallest absolute Gasteiger partial charge is 0.408 e. The van der Waals surface area contributed by atoms with E-state index < -0.39 is 27.4 Å². The Labute approximate surface area is 182 Å². The Kier molecular flexibility index (Phi) is 6.30. The predicted octanol–water partition coefficient (Wildman–Crippen LogP) is 2.58. The zero-order valence-corrected chi connectivity index (χ0v) is 19.4. The molecule has 2 amide bonds. The number of ether oxygens (including phenoxy) is 1. The van der Waals surface area contributed by atoms with Gasteiger partial charge in [0.1, 0.15) is 12.1 Å². The number of nitrogens with zero attached hydrogens (tertiary/aromatic N) is 2. The lowest BCUT2D eigenvalue weighted by atomic mass is 10.2. The van der Waals surface area contributed by atoms with Crippen molar-refractivity contribution in [2.45, 2.75) is 37.7 Å². The van der Waals surface area contributed by atoms with Crippen molar-refractivity contribution in [1.82, 2.24) is 5.32 Å². The van der Waals surface area contributed by atoms with Gasteiger partial charge in [-0.3, -0.25) is 4.79 Å². The van der Waals surface area contributed by atoms with Crippen LogP contribution in [-0.4, -0.2) is 60.5 Å². The van der Waals surface area contributed by atoms with Gasteiger partial charge in [-0.2, -0.15) is 4.99 Å². The molecule has 2 heterocycles. The van der Waals surface area contributed by atoms with Crippen LogP contribution >= 0.6 is 27.7 Å². The number of alkyl carbamates (subject to hydrolysis) is 1. The Morgan fingerprint density at radius 2 is 2.07 bits per heavy atom. The number of thioether (sulfide) groups is 1. The number of anilines is 1. The van der Waals surface area contributed by atoms with E-state index in [2.05, 4.69) is 26.2 Å². The fraction of sp³-hybridized carbons (Fsp3) is 0.500. The quantitative estimate of drug-likeness (QED) is 0.675. The van der Waals surface area contributed by atoms with Crippen LogP contribution in [-0.2, 0) is 19.4 Å². The first-order valence-electron chi connectivity index (χ1n) is 8.94. The van der Waals surface area contributed by atoms with E-state index in [4.69, 9.17) is 4.74 Å². The van der Waals surface area contributed by atoms with E-state index in [1.165, 1.54) is 11.8 Å². The van der Waals surface area contributed by atoms with Crippen LogP contribution < -0.4 is 10.2 Å². The van der Waals surface area contributed by atoms with Crippen molar-refractivity contribution in [2.24, 2.45) is 4.99 Å². The van der Waals surface area contributed by atoms with Crippen LogP contribution in [0.2, 0.25) is 0 Å². The Bertz CT molecular complexity index is 958. The molecule has 2 saturated heterocycles. The number of amides is 2. The van der Waals surface area contributed by atoms with E-state index in [9.17, 15) is 18.0 Å². The van der Waals surface area contributed by atoms with E-state index in [-0.39, 0.29) is 29.3 Å². The zero-order valence-electron chi connectivity index (χ0n) is 16.2. The second kappa shape index (κ2) is 8.27. The van der Waals surface area contributed by atoms with Crippen molar-refractivity contribution in [3.8, 4) is 0 Å². The molecule has 0 saturated carbocycles. The van der Waals surface area contributed by atoms with Crippen LogP contribution in [0.1, 0.15) is 20.8 Å². The molecule has 1 N–H and O–H groups in total. The van der Waals surface area contributed by atoms with Crippen LogP contribution in [0.3, 0.4) is 0 Å². The van der Waals surface area contributed by atoms with Crippen LogP contribution in [0.5, 0.6) is 0 Å². The lowest BCUT2D eigenvalue weighted by molar-refractivity contribution is -0.117. The average Bonchev–Trinajstić information content (AvgIpc) is 3.02. The fourth-order valence-corrected chi connectivity index (χ4v) is 7.42. The highest BCUT2D eigenvalue weighted by Gasteiger charge is 2.49. The van der Waals surface area contributed by atoms with Crippen LogP contribution in [0, 0.1) is 0 Å². The first kappa shape index (κ1) is 22.1. The summed E-state index contributed by atoms with van der Waals surface area (Å²) in [6.45, 7) is 4.88. The molecule has 1 aromatic carbocycles. The predicted molar refractivity (Wildman–Crippen MR) is 117 cm³/mol. The standard InChI is InChI=1S/C18H22BrN3O5S2/c1-18(2,3)27-17(24)20-8-15(23)21-16-22(12-6-4-5-11(19)7-12)13-9-29(25,26)10-14(13)28-16/h4-7,13-14H,8-10H2,1-3H3,(H,20,24). The fourth-order valence-electron chi connectivity index (χ4n) is 3.10. The molecule has 1 aromatic rings. The van der Waals surface area contributed by atoms with Crippen molar-refractivity contribution in [3.63, 3.8) is 0 Å². The maximum atomic E-state index is 12.3. The molecule has 0 aromatic heterocycles. The van der Waals surface area contributed by atoms with E-state index >= 15 is 0 Å². The lowest BCUT2D eigenvalue weighted by Gasteiger charge is -2.24. The zero-order chi connectivity index (χ0) is 21.4. The van der Waals surface area contributed by atoms with Gasteiger partial charge in [-0.25, -0.2) is 13.2 Å². The molecule has 0 spiro atoms. The van der Waals surface area contributed by atoms with Gasteiger partial charge in [-0.05, 0) is 39.0 Å². The molecule has 2 unspecified atom stereocenters. The highest BCUT2D eigenvalue weighted by molar-refractivity contribution is 9.10. The minimum absolute atomic E-state index is 0.0144. The monoisotopic (exact) mass is 503 g/mol. The number of aliphatic imine (C=N–C) groups is 1. The van der Waals surface area contributed by atoms with Gasteiger partial charge in [0, 0.05) is 15.4 Å². The number of rotatable bonds is 3. The van der Waals surface area contributed by atoms with Gasteiger partial charge in [0.15, 0.2) is 15.0 Å². The number of halogens is 1. The minimum atomic E-state index is -3.13. The Hall–Kier alpha value is -1.59. The highest BCUT2D eigenvalue weighted by Crippen LogP contribution is 2.41. The van der Waals surface area contributed by atoms with Crippen LogP contribution in [0.15, 0.2) is 33.7 Å². The summed E-state index contributed by atoms with van der Waals surface area (Å²) in [6.07, 6.45) is -0.697. The summed E-state index contributed by atoms with van der Waals surface area (Å²) in [4.78, 5) is 30.0. The third-order valence-corrected chi connectivity index (χ3v) is 7.86. The van der Waals surface area contributed by atoms with E-state index in [0.29, 0.717) is 5.17 Å². The maximum absolute atomic E-state index is 12.3. The molecule has 2 aliphatic rings. The van der Waals surface area contributed by atoms with Crippen molar-refractivity contribution in [1.29, 1.82) is 0 Å². The number of carbonyl (C=O) groups is 2. The summed E-state index contributed by atoms with van der Waals surface area (Å²) in [5.74, 6) is -0.474. The van der Waals surface area contributed by atoms with Crippen molar-refractivity contribution in [2.75, 3.05) is 23.0 Å². The molecule has 2 aliphatic heterocycles. The average molecular weight is 504 g/mol. The number of sulfone groups is 1.